The molecule has 0 unspecified atom stereocenters. The van der Waals surface area contributed by atoms with Gasteiger partial charge >= 0.3 is 0 Å². The highest BCUT2D eigenvalue weighted by molar-refractivity contribution is 5.64. The molecular weight excluding hydrogens is 250 g/mol. The number of rotatable bonds is 3. The summed E-state index contributed by atoms with van der Waals surface area (Å²) in [6.45, 7) is 2.07. The van der Waals surface area contributed by atoms with Crippen LogP contribution in [0.25, 0.3) is 11.3 Å². The second kappa shape index (κ2) is 5.13. The van der Waals surface area contributed by atoms with E-state index in [0.29, 0.717) is 0 Å². The average molecular weight is 265 g/mol. The quantitative estimate of drug-likeness (QED) is 0.791. The summed E-state index contributed by atoms with van der Waals surface area (Å²) in [5, 5.41) is 3.17. The van der Waals surface area contributed by atoms with E-state index in [4.69, 9.17) is 0 Å². The highest BCUT2D eigenvalue weighted by Gasteiger charge is 2.03. The zero-order chi connectivity index (χ0) is 13.9. The second-order valence-corrected chi connectivity index (χ2v) is 4.71. The minimum Gasteiger partial charge on any atom is -0.338 e. The van der Waals surface area contributed by atoms with E-state index in [-0.39, 0.29) is 0 Å². The van der Waals surface area contributed by atoms with Gasteiger partial charge in [-0.25, -0.2) is 15.0 Å². The van der Waals surface area contributed by atoms with Crippen LogP contribution in [0.2, 0.25) is 0 Å². The van der Waals surface area contributed by atoms with E-state index >= 15 is 0 Å². The van der Waals surface area contributed by atoms with Gasteiger partial charge in [0.15, 0.2) is 0 Å². The predicted molar refractivity (Wildman–Crippen MR) is 78.7 cm³/mol. The number of aromatic nitrogens is 4. The zero-order valence-electron chi connectivity index (χ0n) is 11.4. The van der Waals surface area contributed by atoms with Crippen LogP contribution < -0.4 is 5.32 Å². The van der Waals surface area contributed by atoms with Gasteiger partial charge < -0.3 is 9.88 Å². The fraction of sp³-hybridized carbons (Fsp3) is 0.133. The van der Waals surface area contributed by atoms with Gasteiger partial charge in [-0.3, -0.25) is 0 Å². The van der Waals surface area contributed by atoms with Crippen molar-refractivity contribution in [1.29, 1.82) is 0 Å². The van der Waals surface area contributed by atoms with Crippen molar-refractivity contribution >= 4 is 11.6 Å². The Morgan fingerprint density at radius 3 is 2.70 bits per heavy atom. The number of hydrogen-bond acceptors (Lipinski definition) is 4. The topological polar surface area (TPSA) is 55.6 Å². The van der Waals surface area contributed by atoms with E-state index in [9.17, 15) is 0 Å². The SMILES string of the molecule is Cc1cccc(-c2cc(Nc3cn(C)cn3)ncn2)c1. The highest BCUT2D eigenvalue weighted by atomic mass is 15.1. The largest absolute Gasteiger partial charge is 0.338 e. The molecule has 0 fully saturated rings. The maximum Gasteiger partial charge on any atom is 0.149 e. The standard InChI is InChI=1S/C15H15N5/c1-11-4-3-5-12(6-11)13-7-14(17-9-16-13)19-15-8-20(2)10-18-15/h3-10H,1-2H3,(H,16,17,19). The normalized spacial score (nSPS) is 10.5. The molecule has 2 aromatic heterocycles. The van der Waals surface area contributed by atoms with Crippen LogP contribution in [0.15, 0.2) is 49.2 Å². The molecule has 0 aliphatic heterocycles. The van der Waals surface area contributed by atoms with Gasteiger partial charge in [0.05, 0.1) is 12.0 Å². The summed E-state index contributed by atoms with van der Waals surface area (Å²) < 4.78 is 1.88. The first-order valence-corrected chi connectivity index (χ1v) is 6.35. The molecule has 2 heterocycles. The van der Waals surface area contributed by atoms with Gasteiger partial charge in [-0.05, 0) is 13.0 Å². The fourth-order valence-electron chi connectivity index (χ4n) is 2.00. The third kappa shape index (κ3) is 2.66. The lowest BCUT2D eigenvalue weighted by Gasteiger charge is -2.05. The van der Waals surface area contributed by atoms with Gasteiger partial charge in [0.2, 0.25) is 0 Å². The van der Waals surface area contributed by atoms with E-state index < -0.39 is 0 Å². The van der Waals surface area contributed by atoms with Crippen molar-refractivity contribution in [1.82, 2.24) is 19.5 Å². The lowest BCUT2D eigenvalue weighted by atomic mass is 10.1. The molecule has 20 heavy (non-hydrogen) atoms. The third-order valence-electron chi connectivity index (χ3n) is 2.94. The molecule has 0 amide bonds. The molecule has 5 heteroatoms. The molecule has 1 aromatic carbocycles. The van der Waals surface area contributed by atoms with E-state index in [1.165, 1.54) is 5.56 Å². The van der Waals surface area contributed by atoms with Crippen LogP contribution in [-0.2, 0) is 7.05 Å². The van der Waals surface area contributed by atoms with Crippen molar-refractivity contribution in [3.05, 3.63) is 54.7 Å². The van der Waals surface area contributed by atoms with E-state index in [1.807, 2.05) is 36.0 Å². The number of nitrogens with one attached hydrogen (secondary N) is 1. The maximum absolute atomic E-state index is 4.32. The highest BCUT2D eigenvalue weighted by Crippen LogP contribution is 2.21. The molecule has 1 N–H and O–H groups in total. The molecule has 0 spiro atoms. The summed E-state index contributed by atoms with van der Waals surface area (Å²) in [7, 11) is 1.93. The van der Waals surface area contributed by atoms with Crippen molar-refractivity contribution < 1.29 is 0 Å². The molecule has 100 valence electrons. The van der Waals surface area contributed by atoms with Crippen molar-refractivity contribution in [2.24, 2.45) is 7.05 Å². The molecule has 0 saturated carbocycles. The monoisotopic (exact) mass is 265 g/mol. The number of anilines is 2. The summed E-state index contributed by atoms with van der Waals surface area (Å²) >= 11 is 0. The van der Waals surface area contributed by atoms with Crippen LogP contribution in [-0.4, -0.2) is 19.5 Å². The van der Waals surface area contributed by atoms with Crippen molar-refractivity contribution in [2.75, 3.05) is 5.32 Å². The molecule has 3 rings (SSSR count). The average Bonchev–Trinajstić information content (AvgIpc) is 2.84. The number of benzene rings is 1. The molecular formula is C15H15N5. The fourth-order valence-corrected chi connectivity index (χ4v) is 2.00. The minimum atomic E-state index is 0.732. The van der Waals surface area contributed by atoms with Crippen LogP contribution in [0.1, 0.15) is 5.56 Å². The lowest BCUT2D eigenvalue weighted by Crippen LogP contribution is -1.95. The summed E-state index contributed by atoms with van der Waals surface area (Å²) in [6, 6.07) is 10.2. The lowest BCUT2D eigenvalue weighted by molar-refractivity contribution is 0.913. The Bertz CT molecular complexity index is 732. The molecule has 0 atom stereocenters. The number of nitrogens with zero attached hydrogens (tertiary/aromatic N) is 4. The van der Waals surface area contributed by atoms with Crippen LogP contribution in [0.4, 0.5) is 11.6 Å². The smallest absolute Gasteiger partial charge is 0.149 e. The number of imidazole rings is 1. The van der Waals surface area contributed by atoms with Crippen LogP contribution in [0.3, 0.4) is 0 Å². The molecule has 0 radical (unpaired) electrons. The van der Waals surface area contributed by atoms with E-state index in [0.717, 1.165) is 22.9 Å². The van der Waals surface area contributed by atoms with Crippen LogP contribution in [0.5, 0.6) is 0 Å². The Labute approximate surface area is 117 Å². The van der Waals surface area contributed by atoms with Gasteiger partial charge in [0.25, 0.3) is 0 Å². The van der Waals surface area contributed by atoms with Crippen LogP contribution >= 0.6 is 0 Å². The number of aryl methyl sites for hydroxylation is 2. The summed E-state index contributed by atoms with van der Waals surface area (Å²) in [5.41, 5.74) is 3.18. The van der Waals surface area contributed by atoms with Crippen molar-refractivity contribution in [3.63, 3.8) is 0 Å². The van der Waals surface area contributed by atoms with Crippen molar-refractivity contribution in [2.45, 2.75) is 6.92 Å². The Morgan fingerprint density at radius 1 is 1.05 bits per heavy atom. The predicted octanol–water partition coefficient (Wildman–Crippen LogP) is 2.93. The molecule has 0 saturated heterocycles. The van der Waals surface area contributed by atoms with Crippen LogP contribution in [0, 0.1) is 6.92 Å². The Hall–Kier alpha value is -2.69. The molecule has 5 nitrogen and oxygen atoms in total. The number of hydrogen-bond donors (Lipinski definition) is 1. The Balaban J connectivity index is 1.89. The molecule has 0 bridgehead atoms. The van der Waals surface area contributed by atoms with Crippen molar-refractivity contribution in [3.8, 4) is 11.3 Å². The summed E-state index contributed by atoms with van der Waals surface area (Å²) in [5.74, 6) is 1.50. The van der Waals surface area contributed by atoms with E-state index in [2.05, 4.69) is 39.3 Å². The zero-order valence-corrected chi connectivity index (χ0v) is 11.4. The molecule has 3 aromatic rings. The molecule has 0 aliphatic carbocycles. The first-order chi connectivity index (χ1) is 9.70. The third-order valence-corrected chi connectivity index (χ3v) is 2.94. The van der Waals surface area contributed by atoms with E-state index in [1.54, 1.807) is 12.7 Å². The Morgan fingerprint density at radius 2 is 1.95 bits per heavy atom. The second-order valence-electron chi connectivity index (χ2n) is 4.71. The summed E-state index contributed by atoms with van der Waals surface area (Å²) in [6.07, 6.45) is 5.20. The first-order valence-electron chi connectivity index (χ1n) is 6.35. The van der Waals surface area contributed by atoms with Gasteiger partial charge in [0, 0.05) is 24.9 Å². The minimum absolute atomic E-state index is 0.732. The first kappa shape index (κ1) is 12.3. The maximum atomic E-state index is 4.32. The van der Waals surface area contributed by atoms with Gasteiger partial charge in [-0.2, -0.15) is 0 Å². The Kier molecular flexibility index (Phi) is 3.16. The summed E-state index contributed by atoms with van der Waals surface area (Å²) in [4.78, 5) is 12.8. The van der Waals surface area contributed by atoms with Gasteiger partial charge in [-0.15, -0.1) is 0 Å². The van der Waals surface area contributed by atoms with Gasteiger partial charge in [0.1, 0.15) is 18.0 Å². The molecule has 0 aliphatic rings. The van der Waals surface area contributed by atoms with Gasteiger partial charge in [-0.1, -0.05) is 23.8 Å².